The first-order valence-corrected chi connectivity index (χ1v) is 7.83. The Balaban J connectivity index is 2.57. The Hall–Kier alpha value is -1.36. The molecule has 0 atom stereocenters. The third-order valence-electron chi connectivity index (χ3n) is 2.50. The number of methoxy groups -OCH3 is 1. The van der Waals surface area contributed by atoms with Crippen molar-refractivity contribution < 1.29 is 4.74 Å². The molecule has 0 fully saturated rings. The molecule has 0 amide bonds. The van der Waals surface area contributed by atoms with Gasteiger partial charge in [-0.1, -0.05) is 12.1 Å². The first-order valence-electron chi connectivity index (χ1n) is 6.44. The van der Waals surface area contributed by atoms with Crippen LogP contribution in [0.5, 0.6) is 5.75 Å². The summed E-state index contributed by atoms with van der Waals surface area (Å²) >= 11 is 1.82. The number of ether oxygens (including phenoxy) is 1. The van der Waals surface area contributed by atoms with E-state index in [1.54, 1.807) is 7.11 Å². The van der Waals surface area contributed by atoms with Gasteiger partial charge in [-0.15, -0.1) is 0 Å². The minimum Gasteiger partial charge on any atom is -0.497 e. The van der Waals surface area contributed by atoms with E-state index in [-0.39, 0.29) is 0 Å². The number of benzene rings is 1. The van der Waals surface area contributed by atoms with Gasteiger partial charge >= 0.3 is 0 Å². The largest absolute Gasteiger partial charge is 0.497 e. The predicted molar refractivity (Wildman–Crippen MR) is 84.2 cm³/mol. The molecule has 0 aromatic heterocycles. The van der Waals surface area contributed by atoms with Crippen LogP contribution >= 0.6 is 11.8 Å². The van der Waals surface area contributed by atoms with Crippen LogP contribution in [0.3, 0.4) is 0 Å². The maximum atomic E-state index is 5.21. The Kier molecular flexibility index (Phi) is 7.89. The first kappa shape index (κ1) is 15.7. The van der Waals surface area contributed by atoms with E-state index in [4.69, 9.17) is 4.74 Å². The smallest absolute Gasteiger partial charge is 0.191 e. The summed E-state index contributed by atoms with van der Waals surface area (Å²) in [4.78, 5) is 4.56. The van der Waals surface area contributed by atoms with Gasteiger partial charge in [0.25, 0.3) is 0 Å². The van der Waals surface area contributed by atoms with E-state index in [2.05, 4.69) is 34.9 Å². The van der Waals surface area contributed by atoms with Crippen molar-refractivity contribution in [2.75, 3.05) is 32.2 Å². The van der Waals surface area contributed by atoms with Gasteiger partial charge in [-0.25, -0.2) is 4.99 Å². The van der Waals surface area contributed by atoms with Gasteiger partial charge < -0.3 is 15.4 Å². The second-order valence-corrected chi connectivity index (χ2v) is 4.95. The van der Waals surface area contributed by atoms with E-state index in [1.165, 1.54) is 0 Å². The van der Waals surface area contributed by atoms with Crippen molar-refractivity contribution in [1.82, 2.24) is 10.6 Å². The second-order valence-electron chi connectivity index (χ2n) is 3.97. The van der Waals surface area contributed by atoms with E-state index in [1.807, 2.05) is 30.0 Å². The molecule has 5 heteroatoms. The highest BCUT2D eigenvalue weighted by Crippen LogP contribution is 2.12. The molecule has 4 nitrogen and oxygen atoms in total. The zero-order valence-electron chi connectivity index (χ0n) is 11.9. The van der Waals surface area contributed by atoms with E-state index < -0.39 is 0 Å². The lowest BCUT2D eigenvalue weighted by Crippen LogP contribution is -2.38. The first-order chi connectivity index (χ1) is 9.30. The molecule has 0 aliphatic carbocycles. The van der Waals surface area contributed by atoms with Crippen LogP contribution in [-0.4, -0.2) is 38.2 Å². The van der Waals surface area contributed by atoms with Gasteiger partial charge in [0, 0.05) is 18.8 Å². The Morgan fingerprint density at radius 1 is 1.37 bits per heavy atom. The summed E-state index contributed by atoms with van der Waals surface area (Å²) in [6.45, 7) is 4.50. The third kappa shape index (κ3) is 6.38. The van der Waals surface area contributed by atoms with Gasteiger partial charge in [0.05, 0.1) is 13.7 Å². The third-order valence-corrected chi connectivity index (χ3v) is 3.11. The molecule has 0 unspecified atom stereocenters. The highest BCUT2D eigenvalue weighted by Gasteiger charge is 1.98. The van der Waals surface area contributed by atoms with Crippen molar-refractivity contribution in [3.63, 3.8) is 0 Å². The fourth-order valence-corrected chi connectivity index (χ4v) is 1.86. The zero-order valence-corrected chi connectivity index (χ0v) is 12.7. The highest BCUT2D eigenvalue weighted by molar-refractivity contribution is 7.98. The topological polar surface area (TPSA) is 45.7 Å². The van der Waals surface area contributed by atoms with Gasteiger partial charge in [-0.05, 0) is 30.9 Å². The molecule has 1 rings (SSSR count). The summed E-state index contributed by atoms with van der Waals surface area (Å²) in [5.74, 6) is 2.80. The van der Waals surface area contributed by atoms with Crippen molar-refractivity contribution in [2.24, 2.45) is 4.99 Å². The van der Waals surface area contributed by atoms with Crippen LogP contribution in [0.25, 0.3) is 0 Å². The molecule has 0 spiro atoms. The minimum absolute atomic E-state index is 0.645. The standard InChI is InChI=1S/C14H23N3OS/c1-4-15-14(16-8-9-19-3)17-11-12-6-5-7-13(10-12)18-2/h5-7,10H,4,8-9,11H2,1-3H3,(H2,15,16,17). The average molecular weight is 281 g/mol. The lowest BCUT2D eigenvalue weighted by Gasteiger charge is -2.10. The molecular weight excluding hydrogens is 258 g/mol. The lowest BCUT2D eigenvalue weighted by atomic mass is 10.2. The molecule has 0 radical (unpaired) electrons. The molecule has 1 aromatic carbocycles. The number of hydrogen-bond acceptors (Lipinski definition) is 3. The highest BCUT2D eigenvalue weighted by atomic mass is 32.2. The number of nitrogens with zero attached hydrogens (tertiary/aromatic N) is 1. The average Bonchev–Trinajstić information content (AvgIpc) is 2.45. The van der Waals surface area contributed by atoms with Crippen LogP contribution in [0.15, 0.2) is 29.3 Å². The summed E-state index contributed by atoms with van der Waals surface area (Å²) in [5, 5.41) is 6.55. The molecule has 0 aliphatic heterocycles. The van der Waals surface area contributed by atoms with Gasteiger partial charge in [0.2, 0.25) is 0 Å². The quantitative estimate of drug-likeness (QED) is 0.456. The molecule has 1 aromatic rings. The van der Waals surface area contributed by atoms with Gasteiger partial charge in [-0.3, -0.25) is 0 Å². The van der Waals surface area contributed by atoms with Gasteiger partial charge in [-0.2, -0.15) is 11.8 Å². The Labute approximate surface area is 120 Å². The number of guanidine groups is 1. The molecule has 19 heavy (non-hydrogen) atoms. The van der Waals surface area contributed by atoms with Gasteiger partial charge in [0.1, 0.15) is 5.75 Å². The van der Waals surface area contributed by atoms with E-state index in [9.17, 15) is 0 Å². The molecule has 0 saturated carbocycles. The molecule has 0 bridgehead atoms. The number of thioether (sulfide) groups is 1. The number of nitrogens with one attached hydrogen (secondary N) is 2. The van der Waals surface area contributed by atoms with Crippen molar-refractivity contribution in [3.05, 3.63) is 29.8 Å². The van der Waals surface area contributed by atoms with Crippen LogP contribution in [-0.2, 0) is 6.54 Å². The van der Waals surface area contributed by atoms with E-state index in [0.29, 0.717) is 6.54 Å². The van der Waals surface area contributed by atoms with Crippen LogP contribution in [0, 0.1) is 0 Å². The van der Waals surface area contributed by atoms with Crippen molar-refractivity contribution >= 4 is 17.7 Å². The molecule has 0 heterocycles. The monoisotopic (exact) mass is 281 g/mol. The fourth-order valence-electron chi connectivity index (χ4n) is 1.55. The Morgan fingerprint density at radius 2 is 2.21 bits per heavy atom. The number of rotatable bonds is 7. The van der Waals surface area contributed by atoms with Crippen LogP contribution in [0.1, 0.15) is 12.5 Å². The van der Waals surface area contributed by atoms with Gasteiger partial charge in [0.15, 0.2) is 5.96 Å². The summed E-state index contributed by atoms with van der Waals surface area (Å²) in [5.41, 5.74) is 1.14. The normalized spacial score (nSPS) is 11.2. The maximum absolute atomic E-state index is 5.21. The van der Waals surface area contributed by atoms with E-state index >= 15 is 0 Å². The molecular formula is C14H23N3OS. The zero-order chi connectivity index (χ0) is 13.9. The maximum Gasteiger partial charge on any atom is 0.191 e. The number of aliphatic imine (C=N–C) groups is 1. The predicted octanol–water partition coefficient (Wildman–Crippen LogP) is 2.11. The molecule has 2 N–H and O–H groups in total. The summed E-state index contributed by atoms with van der Waals surface area (Å²) in [6, 6.07) is 7.99. The van der Waals surface area contributed by atoms with E-state index in [0.717, 1.165) is 36.1 Å². The Bertz CT molecular complexity index is 396. The van der Waals surface area contributed by atoms with Crippen LogP contribution in [0.2, 0.25) is 0 Å². The summed E-state index contributed by atoms with van der Waals surface area (Å²) in [6.07, 6.45) is 2.10. The molecule has 0 aliphatic rings. The fraction of sp³-hybridized carbons (Fsp3) is 0.500. The van der Waals surface area contributed by atoms with Crippen molar-refractivity contribution in [1.29, 1.82) is 0 Å². The van der Waals surface area contributed by atoms with Crippen molar-refractivity contribution in [2.45, 2.75) is 13.5 Å². The van der Waals surface area contributed by atoms with Crippen LogP contribution in [0.4, 0.5) is 0 Å². The Morgan fingerprint density at radius 3 is 2.89 bits per heavy atom. The SMILES string of the molecule is CCNC(=NCc1cccc(OC)c1)NCCSC. The van der Waals surface area contributed by atoms with Crippen molar-refractivity contribution in [3.8, 4) is 5.75 Å². The summed E-state index contributed by atoms with van der Waals surface area (Å²) in [7, 11) is 1.68. The molecule has 0 saturated heterocycles. The lowest BCUT2D eigenvalue weighted by molar-refractivity contribution is 0.414. The second kappa shape index (κ2) is 9.55. The molecule has 106 valence electrons. The minimum atomic E-state index is 0.645. The number of hydrogen-bond donors (Lipinski definition) is 2. The van der Waals surface area contributed by atoms with Crippen LogP contribution < -0.4 is 15.4 Å². The summed E-state index contributed by atoms with van der Waals surface area (Å²) < 4.78 is 5.21.